The molecule has 4 nitrogen and oxygen atoms in total. The lowest BCUT2D eigenvalue weighted by Crippen LogP contribution is -2.14. The predicted molar refractivity (Wildman–Crippen MR) is 141 cm³/mol. The Hall–Kier alpha value is -2.38. The summed E-state index contributed by atoms with van der Waals surface area (Å²) in [6.45, 7) is 4.40. The molecular formula is C25H20I2N2O2. The number of anilines is 1. The van der Waals surface area contributed by atoms with E-state index in [4.69, 9.17) is 4.74 Å². The van der Waals surface area contributed by atoms with Crippen molar-refractivity contribution in [2.24, 2.45) is 0 Å². The van der Waals surface area contributed by atoms with E-state index in [1.807, 2.05) is 80.6 Å². The normalized spacial score (nSPS) is 11.0. The number of nitriles is 1. The number of hydrogen-bond donors (Lipinski definition) is 1. The number of carbonyl (C=O) groups is 1. The van der Waals surface area contributed by atoms with Crippen LogP contribution in [0.1, 0.15) is 22.3 Å². The third-order valence-electron chi connectivity index (χ3n) is 4.57. The first-order valence-electron chi connectivity index (χ1n) is 9.53. The highest BCUT2D eigenvalue weighted by molar-refractivity contribution is 14.1. The molecule has 3 aromatic carbocycles. The summed E-state index contributed by atoms with van der Waals surface area (Å²) in [7, 11) is 0. The number of aryl methyl sites for hydroxylation is 2. The zero-order chi connectivity index (χ0) is 22.4. The van der Waals surface area contributed by atoms with E-state index in [9.17, 15) is 10.1 Å². The van der Waals surface area contributed by atoms with Gasteiger partial charge in [0, 0.05) is 9.26 Å². The maximum Gasteiger partial charge on any atom is 0.266 e. The van der Waals surface area contributed by atoms with Gasteiger partial charge in [-0.25, -0.2) is 0 Å². The summed E-state index contributed by atoms with van der Waals surface area (Å²) >= 11 is 4.47. The molecule has 1 amide bonds. The fourth-order valence-electron chi connectivity index (χ4n) is 2.92. The molecule has 0 atom stereocenters. The van der Waals surface area contributed by atoms with Gasteiger partial charge < -0.3 is 10.1 Å². The molecule has 156 valence electrons. The van der Waals surface area contributed by atoms with Gasteiger partial charge in [0.2, 0.25) is 0 Å². The van der Waals surface area contributed by atoms with Crippen LogP contribution in [-0.4, -0.2) is 5.91 Å². The standard InChI is InChI=1S/C25H20I2N2O2/c1-16-3-9-23(17(2)11-16)29-25(30)20(14-28)12-19-6-10-24(22(27)13-19)31-15-18-4-7-21(26)8-5-18/h3-13H,15H2,1-2H3,(H,29,30)/b20-12+. The Morgan fingerprint density at radius 2 is 1.81 bits per heavy atom. The molecule has 0 heterocycles. The van der Waals surface area contributed by atoms with Crippen molar-refractivity contribution >= 4 is 62.9 Å². The van der Waals surface area contributed by atoms with Crippen LogP contribution in [0.25, 0.3) is 6.08 Å². The molecule has 6 heteroatoms. The van der Waals surface area contributed by atoms with E-state index >= 15 is 0 Å². The first-order valence-corrected chi connectivity index (χ1v) is 11.7. The zero-order valence-corrected chi connectivity index (χ0v) is 21.4. The van der Waals surface area contributed by atoms with E-state index in [-0.39, 0.29) is 5.57 Å². The van der Waals surface area contributed by atoms with Gasteiger partial charge in [-0.2, -0.15) is 5.26 Å². The number of nitrogens with zero attached hydrogens (tertiary/aromatic N) is 1. The molecule has 31 heavy (non-hydrogen) atoms. The molecule has 0 fully saturated rings. The fourth-order valence-corrected chi connectivity index (χ4v) is 3.98. The van der Waals surface area contributed by atoms with Crippen molar-refractivity contribution in [3.05, 3.63) is 95.6 Å². The lowest BCUT2D eigenvalue weighted by molar-refractivity contribution is -0.112. The number of benzene rings is 3. The predicted octanol–water partition coefficient (Wildman–Crippen LogP) is 6.64. The molecule has 0 aliphatic rings. The largest absolute Gasteiger partial charge is 0.488 e. The van der Waals surface area contributed by atoms with Crippen LogP contribution in [0, 0.1) is 32.3 Å². The Bertz CT molecular complexity index is 1180. The SMILES string of the molecule is Cc1ccc(NC(=O)/C(C#N)=C/c2ccc(OCc3ccc(I)cc3)c(I)c2)c(C)c1. The Balaban J connectivity index is 1.71. The van der Waals surface area contributed by atoms with Crippen LogP contribution in [0.3, 0.4) is 0 Å². The molecule has 0 aliphatic heterocycles. The minimum Gasteiger partial charge on any atom is -0.488 e. The molecule has 0 spiro atoms. The van der Waals surface area contributed by atoms with Gasteiger partial charge in [0.15, 0.2) is 0 Å². The molecule has 3 rings (SSSR count). The van der Waals surface area contributed by atoms with Crippen molar-refractivity contribution in [3.63, 3.8) is 0 Å². The highest BCUT2D eigenvalue weighted by Crippen LogP contribution is 2.25. The van der Waals surface area contributed by atoms with E-state index in [0.717, 1.165) is 31.6 Å². The maximum atomic E-state index is 12.6. The van der Waals surface area contributed by atoms with E-state index in [1.165, 1.54) is 3.57 Å². The van der Waals surface area contributed by atoms with Crippen molar-refractivity contribution in [2.45, 2.75) is 20.5 Å². The van der Waals surface area contributed by atoms with E-state index in [2.05, 4.69) is 50.5 Å². The van der Waals surface area contributed by atoms with Gasteiger partial charge in [0.1, 0.15) is 24.0 Å². The lowest BCUT2D eigenvalue weighted by atomic mass is 10.1. The second kappa shape index (κ2) is 10.8. The molecule has 1 N–H and O–H groups in total. The van der Waals surface area contributed by atoms with Gasteiger partial charge in [0.25, 0.3) is 5.91 Å². The smallest absolute Gasteiger partial charge is 0.266 e. The summed E-state index contributed by atoms with van der Waals surface area (Å²) < 4.78 is 8.01. The van der Waals surface area contributed by atoms with Gasteiger partial charge >= 0.3 is 0 Å². The second-order valence-electron chi connectivity index (χ2n) is 7.05. The Kier molecular flexibility index (Phi) is 8.09. The summed E-state index contributed by atoms with van der Waals surface area (Å²) in [6, 6.07) is 21.5. The average Bonchev–Trinajstić information content (AvgIpc) is 2.74. The van der Waals surface area contributed by atoms with Gasteiger partial charge in [0.05, 0.1) is 3.57 Å². The summed E-state index contributed by atoms with van der Waals surface area (Å²) in [6.07, 6.45) is 1.59. The number of ether oxygens (including phenoxy) is 1. The molecular weight excluding hydrogens is 614 g/mol. The maximum absolute atomic E-state index is 12.6. The van der Waals surface area contributed by atoms with Gasteiger partial charge in [-0.15, -0.1) is 0 Å². The van der Waals surface area contributed by atoms with Crippen LogP contribution in [0.15, 0.2) is 66.2 Å². The van der Waals surface area contributed by atoms with Gasteiger partial charge in [-0.3, -0.25) is 4.79 Å². The molecule has 0 saturated carbocycles. The Labute approximate surface area is 209 Å². The third kappa shape index (κ3) is 6.55. The van der Waals surface area contributed by atoms with Crippen molar-refractivity contribution in [2.75, 3.05) is 5.32 Å². The lowest BCUT2D eigenvalue weighted by Gasteiger charge is -2.10. The third-order valence-corrected chi connectivity index (χ3v) is 6.13. The van der Waals surface area contributed by atoms with E-state index in [1.54, 1.807) is 6.08 Å². The second-order valence-corrected chi connectivity index (χ2v) is 9.46. The van der Waals surface area contributed by atoms with Gasteiger partial charge in [-0.1, -0.05) is 35.9 Å². The number of hydrogen-bond acceptors (Lipinski definition) is 3. The van der Waals surface area contributed by atoms with Crippen LogP contribution in [-0.2, 0) is 11.4 Å². The number of rotatable bonds is 6. The minimum atomic E-state index is -0.427. The Morgan fingerprint density at radius 3 is 2.45 bits per heavy atom. The topological polar surface area (TPSA) is 62.1 Å². The van der Waals surface area contributed by atoms with E-state index < -0.39 is 5.91 Å². The molecule has 0 saturated heterocycles. The number of halogens is 2. The zero-order valence-electron chi connectivity index (χ0n) is 17.1. The first-order chi connectivity index (χ1) is 14.9. The summed E-state index contributed by atoms with van der Waals surface area (Å²) in [4.78, 5) is 12.6. The monoisotopic (exact) mass is 634 g/mol. The number of amides is 1. The highest BCUT2D eigenvalue weighted by atomic mass is 127. The number of carbonyl (C=O) groups excluding carboxylic acids is 1. The molecule has 0 bridgehead atoms. The van der Waals surface area contributed by atoms with Crippen LogP contribution >= 0.6 is 45.2 Å². The number of nitrogens with one attached hydrogen (secondary N) is 1. The highest BCUT2D eigenvalue weighted by Gasteiger charge is 2.12. The van der Waals surface area contributed by atoms with Gasteiger partial charge in [-0.05, 0) is 112 Å². The minimum absolute atomic E-state index is 0.0448. The van der Waals surface area contributed by atoms with Crippen molar-refractivity contribution in [1.29, 1.82) is 5.26 Å². The molecule has 0 aliphatic carbocycles. The van der Waals surface area contributed by atoms with Crippen molar-refractivity contribution in [3.8, 4) is 11.8 Å². The van der Waals surface area contributed by atoms with E-state index in [0.29, 0.717) is 12.3 Å². The van der Waals surface area contributed by atoms with Crippen molar-refractivity contribution in [1.82, 2.24) is 0 Å². The van der Waals surface area contributed by atoms with Crippen LogP contribution in [0.2, 0.25) is 0 Å². The van der Waals surface area contributed by atoms with Crippen molar-refractivity contribution < 1.29 is 9.53 Å². The Morgan fingerprint density at radius 1 is 1.06 bits per heavy atom. The molecule has 0 radical (unpaired) electrons. The summed E-state index contributed by atoms with van der Waals surface area (Å²) in [5.74, 6) is 0.332. The van der Waals surface area contributed by atoms with Crippen LogP contribution in [0.5, 0.6) is 5.75 Å². The molecule has 0 aromatic heterocycles. The molecule has 0 unspecified atom stereocenters. The van der Waals surface area contributed by atoms with Crippen LogP contribution < -0.4 is 10.1 Å². The average molecular weight is 634 g/mol. The fraction of sp³-hybridized carbons (Fsp3) is 0.120. The van der Waals surface area contributed by atoms with Crippen LogP contribution in [0.4, 0.5) is 5.69 Å². The summed E-state index contributed by atoms with van der Waals surface area (Å²) in [5, 5.41) is 12.3. The molecule has 3 aromatic rings. The quantitative estimate of drug-likeness (QED) is 0.188. The first kappa shape index (κ1) is 23.3. The summed E-state index contributed by atoms with van der Waals surface area (Å²) in [5.41, 5.74) is 4.67.